The van der Waals surface area contributed by atoms with E-state index in [0.717, 1.165) is 32.5 Å². The molecule has 1 saturated heterocycles. The zero-order valence-corrected chi connectivity index (χ0v) is 7.03. The number of rotatable bonds is 0. The van der Waals surface area contributed by atoms with Crippen LogP contribution in [0, 0.1) is 11.8 Å². The second-order valence-electron chi connectivity index (χ2n) is 4.13. The van der Waals surface area contributed by atoms with Gasteiger partial charge >= 0.3 is 0 Å². The van der Waals surface area contributed by atoms with E-state index in [1.165, 1.54) is 0 Å². The Morgan fingerprint density at radius 3 is 2.58 bits per heavy atom. The Kier molecular flexibility index (Phi) is 1.35. The lowest BCUT2D eigenvalue weighted by molar-refractivity contribution is -0.275. The van der Waals surface area contributed by atoms with Gasteiger partial charge in [0.2, 0.25) is 0 Å². The topological polar surface area (TPSA) is 38.7 Å². The van der Waals surface area contributed by atoms with Crippen LogP contribution in [0.5, 0.6) is 0 Å². The highest BCUT2D eigenvalue weighted by Gasteiger charge is 2.62. The fourth-order valence-corrected chi connectivity index (χ4v) is 2.99. The standard InChI is InChI=1S/C9H14O3/c10-8-2-1-7-6(8)5-9(7)11-3-4-12-9/h6-8,10H,1-5H2. The number of aliphatic hydroxyl groups excluding tert-OH is 1. The Labute approximate surface area is 71.7 Å². The fraction of sp³-hybridized carbons (Fsp3) is 1.00. The average Bonchev–Trinajstić information content (AvgIpc) is 2.57. The van der Waals surface area contributed by atoms with Crippen molar-refractivity contribution in [2.75, 3.05) is 13.2 Å². The van der Waals surface area contributed by atoms with Gasteiger partial charge in [-0.1, -0.05) is 0 Å². The number of hydrogen-bond acceptors (Lipinski definition) is 3. The van der Waals surface area contributed by atoms with Crippen LogP contribution in [0.4, 0.5) is 0 Å². The maximum atomic E-state index is 9.55. The van der Waals surface area contributed by atoms with Gasteiger partial charge in [-0.05, 0) is 18.8 Å². The summed E-state index contributed by atoms with van der Waals surface area (Å²) >= 11 is 0. The summed E-state index contributed by atoms with van der Waals surface area (Å²) in [5.74, 6) is 0.681. The third-order valence-corrected chi connectivity index (χ3v) is 3.65. The highest BCUT2D eigenvalue weighted by atomic mass is 16.7. The highest BCUT2D eigenvalue weighted by Crippen LogP contribution is 2.57. The number of ether oxygens (including phenoxy) is 2. The van der Waals surface area contributed by atoms with E-state index in [1.54, 1.807) is 0 Å². The fourth-order valence-electron chi connectivity index (χ4n) is 2.99. The first-order chi connectivity index (χ1) is 5.82. The normalized spacial score (nSPS) is 49.2. The molecule has 0 bridgehead atoms. The first kappa shape index (κ1) is 7.30. The molecule has 3 aliphatic rings. The van der Waals surface area contributed by atoms with Gasteiger partial charge in [0, 0.05) is 12.3 Å². The molecule has 3 heteroatoms. The van der Waals surface area contributed by atoms with Gasteiger partial charge in [0.15, 0.2) is 5.79 Å². The maximum absolute atomic E-state index is 9.55. The molecule has 12 heavy (non-hydrogen) atoms. The van der Waals surface area contributed by atoms with Crippen LogP contribution in [-0.2, 0) is 9.47 Å². The lowest BCUT2D eigenvalue weighted by Gasteiger charge is -2.48. The molecule has 3 rings (SSSR count). The minimum atomic E-state index is -0.262. The predicted molar refractivity (Wildman–Crippen MR) is 41.5 cm³/mol. The molecule has 1 spiro atoms. The van der Waals surface area contributed by atoms with Crippen molar-refractivity contribution in [3.8, 4) is 0 Å². The quantitative estimate of drug-likeness (QED) is 0.576. The summed E-state index contributed by atoms with van der Waals surface area (Å²) in [4.78, 5) is 0. The van der Waals surface area contributed by atoms with Crippen LogP contribution in [0.15, 0.2) is 0 Å². The lowest BCUT2D eigenvalue weighted by Crippen LogP contribution is -2.54. The molecule has 3 fully saturated rings. The molecule has 2 aliphatic carbocycles. The molecule has 3 nitrogen and oxygen atoms in total. The summed E-state index contributed by atoms with van der Waals surface area (Å²) in [6.07, 6.45) is 2.84. The van der Waals surface area contributed by atoms with E-state index >= 15 is 0 Å². The molecular formula is C9H14O3. The molecule has 3 unspecified atom stereocenters. The van der Waals surface area contributed by atoms with Crippen molar-refractivity contribution in [1.29, 1.82) is 0 Å². The van der Waals surface area contributed by atoms with Crippen molar-refractivity contribution in [2.45, 2.75) is 31.2 Å². The summed E-state index contributed by atoms with van der Waals surface area (Å²) < 4.78 is 11.2. The van der Waals surface area contributed by atoms with Crippen molar-refractivity contribution in [1.82, 2.24) is 0 Å². The maximum Gasteiger partial charge on any atom is 0.172 e. The number of aliphatic hydroxyl groups is 1. The number of fused-ring (bicyclic) bond motifs is 2. The van der Waals surface area contributed by atoms with Gasteiger partial charge in [0.05, 0.1) is 19.3 Å². The SMILES string of the molecule is OC1CCC2C1CC21OCCO1. The van der Waals surface area contributed by atoms with Gasteiger partial charge in [0.25, 0.3) is 0 Å². The molecule has 1 heterocycles. The Morgan fingerprint density at radius 2 is 1.92 bits per heavy atom. The molecule has 2 saturated carbocycles. The molecule has 0 amide bonds. The first-order valence-electron chi connectivity index (χ1n) is 4.78. The zero-order chi connectivity index (χ0) is 8.18. The van der Waals surface area contributed by atoms with Gasteiger partial charge < -0.3 is 14.6 Å². The molecule has 0 aromatic rings. The minimum absolute atomic E-state index is 0.0894. The van der Waals surface area contributed by atoms with Crippen molar-refractivity contribution in [3.05, 3.63) is 0 Å². The second-order valence-corrected chi connectivity index (χ2v) is 4.13. The zero-order valence-electron chi connectivity index (χ0n) is 7.03. The van der Waals surface area contributed by atoms with Gasteiger partial charge in [0.1, 0.15) is 0 Å². The average molecular weight is 170 g/mol. The molecule has 0 aromatic carbocycles. The predicted octanol–water partition coefficient (Wildman–Crippen LogP) is 0.520. The molecule has 0 radical (unpaired) electrons. The van der Waals surface area contributed by atoms with Crippen molar-refractivity contribution in [3.63, 3.8) is 0 Å². The highest BCUT2D eigenvalue weighted by molar-refractivity contribution is 5.05. The Bertz CT molecular complexity index is 198. The minimum Gasteiger partial charge on any atom is -0.393 e. The summed E-state index contributed by atoms with van der Waals surface area (Å²) in [6, 6.07) is 0. The van der Waals surface area contributed by atoms with Crippen LogP contribution in [0.2, 0.25) is 0 Å². The van der Waals surface area contributed by atoms with E-state index in [1.807, 2.05) is 0 Å². The van der Waals surface area contributed by atoms with Gasteiger partial charge in [-0.3, -0.25) is 0 Å². The molecule has 1 aliphatic heterocycles. The Balaban J connectivity index is 1.79. The van der Waals surface area contributed by atoms with Crippen LogP contribution >= 0.6 is 0 Å². The Hall–Kier alpha value is -0.120. The first-order valence-corrected chi connectivity index (χ1v) is 4.78. The van der Waals surface area contributed by atoms with E-state index < -0.39 is 0 Å². The van der Waals surface area contributed by atoms with E-state index in [4.69, 9.17) is 9.47 Å². The second kappa shape index (κ2) is 2.22. The Morgan fingerprint density at radius 1 is 1.17 bits per heavy atom. The monoisotopic (exact) mass is 170 g/mol. The summed E-state index contributed by atoms with van der Waals surface area (Å²) in [7, 11) is 0. The van der Waals surface area contributed by atoms with Crippen molar-refractivity contribution in [2.24, 2.45) is 11.8 Å². The van der Waals surface area contributed by atoms with E-state index in [9.17, 15) is 5.11 Å². The number of hydrogen-bond donors (Lipinski definition) is 1. The van der Waals surface area contributed by atoms with Gasteiger partial charge in [-0.25, -0.2) is 0 Å². The molecular weight excluding hydrogens is 156 g/mol. The molecule has 1 N–H and O–H groups in total. The van der Waals surface area contributed by atoms with Crippen LogP contribution in [-0.4, -0.2) is 30.2 Å². The molecule has 3 atom stereocenters. The lowest BCUT2D eigenvalue weighted by atomic mass is 9.69. The van der Waals surface area contributed by atoms with Crippen LogP contribution in [0.3, 0.4) is 0 Å². The van der Waals surface area contributed by atoms with Crippen LogP contribution < -0.4 is 0 Å². The smallest absolute Gasteiger partial charge is 0.172 e. The summed E-state index contributed by atoms with van der Waals surface area (Å²) in [6.45, 7) is 1.47. The summed E-state index contributed by atoms with van der Waals surface area (Å²) in [5, 5.41) is 9.55. The van der Waals surface area contributed by atoms with E-state index in [0.29, 0.717) is 11.8 Å². The molecule has 68 valence electrons. The van der Waals surface area contributed by atoms with Crippen molar-refractivity contribution < 1.29 is 14.6 Å². The third-order valence-electron chi connectivity index (χ3n) is 3.65. The van der Waals surface area contributed by atoms with Crippen LogP contribution in [0.25, 0.3) is 0 Å². The van der Waals surface area contributed by atoms with Crippen molar-refractivity contribution >= 4 is 0 Å². The third kappa shape index (κ3) is 0.721. The van der Waals surface area contributed by atoms with E-state index in [-0.39, 0.29) is 11.9 Å². The summed E-state index contributed by atoms with van der Waals surface area (Å²) in [5.41, 5.74) is 0. The van der Waals surface area contributed by atoms with Gasteiger partial charge in [-0.2, -0.15) is 0 Å². The van der Waals surface area contributed by atoms with E-state index in [2.05, 4.69) is 0 Å². The largest absolute Gasteiger partial charge is 0.393 e. The molecule has 0 aromatic heterocycles. The van der Waals surface area contributed by atoms with Crippen LogP contribution in [0.1, 0.15) is 19.3 Å². The van der Waals surface area contributed by atoms with Gasteiger partial charge in [-0.15, -0.1) is 0 Å².